The van der Waals surface area contributed by atoms with Crippen LogP contribution in [0.25, 0.3) is 0 Å². The lowest BCUT2D eigenvalue weighted by Gasteiger charge is -2.40. The highest BCUT2D eigenvalue weighted by molar-refractivity contribution is 5.95. The van der Waals surface area contributed by atoms with Crippen molar-refractivity contribution >= 4 is 23.0 Å². The number of rotatable bonds is 3. The maximum atomic E-state index is 12.5. The molecule has 1 aliphatic rings. The van der Waals surface area contributed by atoms with Crippen LogP contribution in [0.3, 0.4) is 0 Å². The molecular formula is C19H23N3O2. The molecule has 0 saturated carbocycles. The lowest BCUT2D eigenvalue weighted by atomic mass is 10.0. The van der Waals surface area contributed by atoms with Crippen LogP contribution in [0, 0.1) is 6.92 Å². The van der Waals surface area contributed by atoms with Gasteiger partial charge in [0, 0.05) is 11.4 Å². The molecule has 0 unspecified atom stereocenters. The fraction of sp³-hybridized carbons (Fsp3) is 0.316. The van der Waals surface area contributed by atoms with Crippen LogP contribution in [0.1, 0.15) is 19.4 Å². The number of ether oxygens (including phenoxy) is 1. The Morgan fingerprint density at radius 1 is 1.29 bits per heavy atom. The Kier molecular flexibility index (Phi) is 4.09. The molecule has 24 heavy (non-hydrogen) atoms. The molecule has 0 saturated heterocycles. The van der Waals surface area contributed by atoms with E-state index in [9.17, 15) is 4.79 Å². The standard InChI is InChI=1S/C19H23N3O2/c1-13-6-4-5-7-15(13)21-18(23)11-22-12-19(2,3)24-17-9-8-14(20)10-16(17)22/h4-10H,11-12,20H2,1-3H3,(H,21,23). The second-order valence-corrected chi connectivity index (χ2v) is 6.81. The van der Waals surface area contributed by atoms with E-state index in [0.717, 1.165) is 22.7 Å². The van der Waals surface area contributed by atoms with Crippen LogP contribution in [0.5, 0.6) is 5.75 Å². The molecular weight excluding hydrogens is 302 g/mol. The predicted molar refractivity (Wildman–Crippen MR) is 97.6 cm³/mol. The van der Waals surface area contributed by atoms with Crippen LogP contribution in [-0.2, 0) is 4.79 Å². The zero-order valence-corrected chi connectivity index (χ0v) is 14.3. The van der Waals surface area contributed by atoms with Crippen LogP contribution in [0.4, 0.5) is 17.1 Å². The third kappa shape index (κ3) is 3.45. The molecule has 3 N–H and O–H groups in total. The Balaban J connectivity index is 1.80. The number of nitrogens with one attached hydrogen (secondary N) is 1. The maximum absolute atomic E-state index is 12.5. The molecule has 0 fully saturated rings. The lowest BCUT2D eigenvalue weighted by molar-refractivity contribution is -0.115. The molecule has 1 aliphatic heterocycles. The van der Waals surface area contributed by atoms with E-state index in [4.69, 9.17) is 10.5 Å². The van der Waals surface area contributed by atoms with Crippen LogP contribution < -0.4 is 20.7 Å². The Morgan fingerprint density at radius 2 is 2.04 bits per heavy atom. The summed E-state index contributed by atoms with van der Waals surface area (Å²) in [5.74, 6) is 0.694. The lowest BCUT2D eigenvalue weighted by Crippen LogP contribution is -2.49. The molecule has 1 heterocycles. The SMILES string of the molecule is Cc1ccccc1NC(=O)CN1CC(C)(C)Oc2ccc(N)cc21. The van der Waals surface area contributed by atoms with Crippen molar-refractivity contribution in [2.45, 2.75) is 26.4 Å². The number of anilines is 3. The second-order valence-electron chi connectivity index (χ2n) is 6.81. The number of aryl methyl sites for hydroxylation is 1. The summed E-state index contributed by atoms with van der Waals surface area (Å²) in [5.41, 5.74) is 8.92. The number of para-hydroxylation sites is 1. The Morgan fingerprint density at radius 3 is 2.79 bits per heavy atom. The number of carbonyl (C=O) groups excluding carboxylic acids is 1. The van der Waals surface area contributed by atoms with Gasteiger partial charge in [0.1, 0.15) is 11.4 Å². The summed E-state index contributed by atoms with van der Waals surface area (Å²) in [4.78, 5) is 14.5. The van der Waals surface area contributed by atoms with Gasteiger partial charge >= 0.3 is 0 Å². The average Bonchev–Trinajstić information content (AvgIpc) is 2.49. The summed E-state index contributed by atoms with van der Waals surface area (Å²) < 4.78 is 5.99. The largest absolute Gasteiger partial charge is 0.484 e. The molecule has 0 bridgehead atoms. The van der Waals surface area contributed by atoms with Gasteiger partial charge in [-0.1, -0.05) is 18.2 Å². The van der Waals surface area contributed by atoms with Gasteiger partial charge in [-0.25, -0.2) is 0 Å². The minimum absolute atomic E-state index is 0.0598. The van der Waals surface area contributed by atoms with Gasteiger partial charge < -0.3 is 20.7 Å². The summed E-state index contributed by atoms with van der Waals surface area (Å²) >= 11 is 0. The Bertz CT molecular complexity index is 771. The van der Waals surface area contributed by atoms with Gasteiger partial charge in [-0.05, 0) is 50.6 Å². The molecule has 2 aromatic carbocycles. The fourth-order valence-corrected chi connectivity index (χ4v) is 2.96. The number of carbonyl (C=O) groups is 1. The van der Waals surface area contributed by atoms with Crippen molar-refractivity contribution < 1.29 is 9.53 Å². The Labute approximate surface area is 142 Å². The zero-order valence-electron chi connectivity index (χ0n) is 14.3. The number of hydrogen-bond acceptors (Lipinski definition) is 4. The molecule has 1 amide bonds. The van der Waals surface area contributed by atoms with Crippen LogP contribution in [0.2, 0.25) is 0 Å². The van der Waals surface area contributed by atoms with Gasteiger partial charge in [-0.2, -0.15) is 0 Å². The van der Waals surface area contributed by atoms with E-state index in [0.29, 0.717) is 12.2 Å². The molecule has 5 heteroatoms. The minimum Gasteiger partial charge on any atom is -0.484 e. The summed E-state index contributed by atoms with van der Waals surface area (Å²) in [7, 11) is 0. The number of fused-ring (bicyclic) bond motifs is 1. The van der Waals surface area contributed by atoms with Crippen molar-refractivity contribution in [3.05, 3.63) is 48.0 Å². The van der Waals surface area contributed by atoms with Crippen LogP contribution in [-0.4, -0.2) is 24.6 Å². The number of benzene rings is 2. The topological polar surface area (TPSA) is 67.6 Å². The first-order valence-corrected chi connectivity index (χ1v) is 8.03. The highest BCUT2D eigenvalue weighted by atomic mass is 16.5. The number of hydrogen-bond donors (Lipinski definition) is 2. The summed E-state index contributed by atoms with van der Waals surface area (Å²) in [6.45, 7) is 6.86. The smallest absolute Gasteiger partial charge is 0.243 e. The third-order valence-electron chi connectivity index (χ3n) is 4.04. The first-order valence-electron chi connectivity index (χ1n) is 8.03. The monoisotopic (exact) mass is 325 g/mol. The summed E-state index contributed by atoms with van der Waals surface area (Å²) in [5, 5.41) is 2.98. The number of amides is 1. The molecule has 0 radical (unpaired) electrons. The first-order chi connectivity index (χ1) is 11.3. The van der Waals surface area contributed by atoms with Gasteiger partial charge in [0.15, 0.2) is 0 Å². The van der Waals surface area contributed by atoms with E-state index in [-0.39, 0.29) is 18.1 Å². The molecule has 0 aliphatic carbocycles. The quantitative estimate of drug-likeness (QED) is 0.851. The molecule has 0 atom stereocenters. The molecule has 0 aromatic heterocycles. The molecule has 126 valence electrons. The molecule has 0 spiro atoms. The predicted octanol–water partition coefficient (Wildman–Crippen LogP) is 3.19. The van der Waals surface area contributed by atoms with Gasteiger partial charge in [0.05, 0.1) is 18.8 Å². The first kappa shape index (κ1) is 16.2. The number of nitrogens with zero attached hydrogens (tertiary/aromatic N) is 1. The summed E-state index contributed by atoms with van der Waals surface area (Å²) in [6, 6.07) is 13.3. The zero-order chi connectivity index (χ0) is 17.3. The van der Waals surface area contributed by atoms with Crippen LogP contribution in [0.15, 0.2) is 42.5 Å². The molecule has 3 rings (SSSR count). The van der Waals surface area contributed by atoms with Gasteiger partial charge in [-0.3, -0.25) is 4.79 Å². The minimum atomic E-state index is -0.369. The van der Waals surface area contributed by atoms with E-state index >= 15 is 0 Å². The summed E-state index contributed by atoms with van der Waals surface area (Å²) in [6.07, 6.45) is 0. The van der Waals surface area contributed by atoms with Gasteiger partial charge in [0.25, 0.3) is 0 Å². The Hall–Kier alpha value is -2.69. The van der Waals surface area contributed by atoms with E-state index in [1.165, 1.54) is 0 Å². The van der Waals surface area contributed by atoms with Crippen molar-refractivity contribution in [2.24, 2.45) is 0 Å². The van der Waals surface area contributed by atoms with Crippen molar-refractivity contribution in [3.8, 4) is 5.75 Å². The van der Waals surface area contributed by atoms with Gasteiger partial charge in [-0.15, -0.1) is 0 Å². The van der Waals surface area contributed by atoms with Gasteiger partial charge in [0.2, 0.25) is 5.91 Å². The molecule has 2 aromatic rings. The second kappa shape index (κ2) is 6.07. The van der Waals surface area contributed by atoms with Crippen molar-refractivity contribution in [2.75, 3.05) is 29.0 Å². The maximum Gasteiger partial charge on any atom is 0.243 e. The van der Waals surface area contributed by atoms with Crippen LogP contribution >= 0.6 is 0 Å². The fourth-order valence-electron chi connectivity index (χ4n) is 2.96. The van der Waals surface area contributed by atoms with Crippen molar-refractivity contribution in [1.29, 1.82) is 0 Å². The van der Waals surface area contributed by atoms with E-state index in [1.54, 1.807) is 0 Å². The van der Waals surface area contributed by atoms with Crippen molar-refractivity contribution in [1.82, 2.24) is 0 Å². The number of nitrogen functional groups attached to an aromatic ring is 1. The van der Waals surface area contributed by atoms with E-state index in [2.05, 4.69) is 5.32 Å². The normalized spacial score (nSPS) is 15.4. The average molecular weight is 325 g/mol. The molecule has 5 nitrogen and oxygen atoms in total. The highest BCUT2D eigenvalue weighted by Gasteiger charge is 2.32. The van der Waals surface area contributed by atoms with E-state index in [1.807, 2.05) is 68.1 Å². The number of nitrogens with two attached hydrogens (primary N) is 1. The van der Waals surface area contributed by atoms with Crippen molar-refractivity contribution in [3.63, 3.8) is 0 Å². The van der Waals surface area contributed by atoms with E-state index < -0.39 is 0 Å². The highest BCUT2D eigenvalue weighted by Crippen LogP contribution is 2.38. The third-order valence-corrected chi connectivity index (χ3v) is 4.04.